The molecule has 0 heterocycles. The van der Waals surface area contributed by atoms with Crippen molar-refractivity contribution in [3.05, 3.63) is 24.0 Å². The highest BCUT2D eigenvalue weighted by atomic mass is 32.2. The molecule has 0 saturated heterocycles. The minimum atomic E-state index is -0.875. The van der Waals surface area contributed by atoms with Gasteiger partial charge in [-0.05, 0) is 30.5 Å². The number of amides is 1. The second-order valence-electron chi connectivity index (χ2n) is 5.09. The summed E-state index contributed by atoms with van der Waals surface area (Å²) >= 11 is 0. The summed E-state index contributed by atoms with van der Waals surface area (Å²) in [5.41, 5.74) is 6.20. The molecule has 1 atom stereocenters. The van der Waals surface area contributed by atoms with E-state index in [1.807, 2.05) is 13.8 Å². The largest absolute Gasteiger partial charge is 0.397 e. The van der Waals surface area contributed by atoms with Crippen LogP contribution in [0, 0.1) is 11.7 Å². The summed E-state index contributed by atoms with van der Waals surface area (Å²) < 4.78 is 24.5. The number of nitrogens with two attached hydrogens (primary N) is 1. The van der Waals surface area contributed by atoms with Crippen molar-refractivity contribution in [1.82, 2.24) is 0 Å². The van der Waals surface area contributed by atoms with Crippen LogP contribution in [-0.4, -0.2) is 21.6 Å². The molecule has 0 radical (unpaired) electrons. The van der Waals surface area contributed by atoms with E-state index in [0.717, 1.165) is 6.07 Å². The summed E-state index contributed by atoms with van der Waals surface area (Å²) in [6.45, 7) is 4.03. The highest BCUT2D eigenvalue weighted by molar-refractivity contribution is 7.84. The van der Waals surface area contributed by atoms with Crippen LogP contribution >= 0.6 is 0 Å². The lowest BCUT2D eigenvalue weighted by molar-refractivity contribution is -0.116. The topological polar surface area (TPSA) is 72.2 Å². The Hall–Kier alpha value is -1.43. The Morgan fingerprint density at radius 1 is 1.45 bits per heavy atom. The van der Waals surface area contributed by atoms with E-state index in [2.05, 4.69) is 5.32 Å². The van der Waals surface area contributed by atoms with E-state index < -0.39 is 16.6 Å². The molecule has 6 heteroatoms. The first kappa shape index (κ1) is 16.6. The quantitative estimate of drug-likeness (QED) is 0.760. The van der Waals surface area contributed by atoms with E-state index in [4.69, 9.17) is 5.73 Å². The Morgan fingerprint density at radius 3 is 2.75 bits per heavy atom. The predicted octanol–water partition coefficient (Wildman–Crippen LogP) is 2.53. The highest BCUT2D eigenvalue weighted by Crippen LogP contribution is 2.19. The highest BCUT2D eigenvalue weighted by Gasteiger charge is 2.08. The van der Waals surface area contributed by atoms with E-state index in [-0.39, 0.29) is 18.0 Å². The first-order valence-electron chi connectivity index (χ1n) is 6.58. The fourth-order valence-electron chi connectivity index (χ4n) is 1.71. The van der Waals surface area contributed by atoms with Gasteiger partial charge in [0.2, 0.25) is 5.91 Å². The van der Waals surface area contributed by atoms with Crippen LogP contribution in [0.5, 0.6) is 0 Å². The van der Waals surface area contributed by atoms with Gasteiger partial charge in [-0.2, -0.15) is 0 Å². The number of carbonyl (C=O) groups is 1. The molecule has 0 aliphatic carbocycles. The molecule has 0 aliphatic heterocycles. The summed E-state index contributed by atoms with van der Waals surface area (Å²) in [6.07, 6.45) is 0.840. The lowest BCUT2D eigenvalue weighted by Gasteiger charge is -2.08. The molecular weight excluding hydrogens is 279 g/mol. The normalized spacial score (nSPS) is 12.4. The van der Waals surface area contributed by atoms with Crippen molar-refractivity contribution < 1.29 is 13.4 Å². The molecule has 0 aliphatic rings. The average Bonchev–Trinajstić information content (AvgIpc) is 2.31. The molecule has 4 nitrogen and oxygen atoms in total. The molecule has 3 N–H and O–H groups in total. The van der Waals surface area contributed by atoms with Crippen LogP contribution in [-0.2, 0) is 15.6 Å². The van der Waals surface area contributed by atoms with Crippen LogP contribution in [0.15, 0.2) is 18.2 Å². The Bertz CT molecular complexity index is 492. The van der Waals surface area contributed by atoms with Crippen LogP contribution in [0.2, 0.25) is 0 Å². The lowest BCUT2D eigenvalue weighted by atomic mass is 10.2. The van der Waals surface area contributed by atoms with Crippen LogP contribution in [0.3, 0.4) is 0 Å². The van der Waals surface area contributed by atoms with Gasteiger partial charge in [0, 0.05) is 28.7 Å². The fourth-order valence-corrected chi connectivity index (χ4v) is 3.09. The van der Waals surface area contributed by atoms with Crippen LogP contribution in [0.25, 0.3) is 0 Å². The Labute approximate surface area is 121 Å². The molecule has 0 bridgehead atoms. The maximum Gasteiger partial charge on any atom is 0.224 e. The zero-order chi connectivity index (χ0) is 15.1. The van der Waals surface area contributed by atoms with E-state index in [0.29, 0.717) is 29.5 Å². The maximum absolute atomic E-state index is 12.9. The van der Waals surface area contributed by atoms with Gasteiger partial charge >= 0.3 is 0 Å². The van der Waals surface area contributed by atoms with Gasteiger partial charge in [0.15, 0.2) is 0 Å². The first-order valence-corrected chi connectivity index (χ1v) is 8.07. The van der Waals surface area contributed by atoms with Gasteiger partial charge in [0.1, 0.15) is 5.82 Å². The van der Waals surface area contributed by atoms with Crippen molar-refractivity contribution in [2.24, 2.45) is 5.92 Å². The molecular formula is C14H21FN2O2S. The van der Waals surface area contributed by atoms with Gasteiger partial charge in [-0.15, -0.1) is 0 Å². The lowest BCUT2D eigenvalue weighted by Crippen LogP contribution is -2.15. The maximum atomic E-state index is 12.9. The molecule has 1 rings (SSSR count). The van der Waals surface area contributed by atoms with E-state index >= 15 is 0 Å². The molecule has 112 valence electrons. The second kappa shape index (κ2) is 7.99. The van der Waals surface area contributed by atoms with Gasteiger partial charge < -0.3 is 11.1 Å². The number of nitrogen functional groups attached to an aromatic ring is 1. The third-order valence-electron chi connectivity index (χ3n) is 2.58. The number of benzene rings is 1. The van der Waals surface area contributed by atoms with Crippen LogP contribution in [0.1, 0.15) is 26.7 Å². The number of carbonyl (C=O) groups excluding carboxylic acids is 1. The predicted molar refractivity (Wildman–Crippen MR) is 81.4 cm³/mol. The molecule has 1 amide bonds. The van der Waals surface area contributed by atoms with E-state index in [9.17, 15) is 13.4 Å². The summed E-state index contributed by atoms with van der Waals surface area (Å²) in [5.74, 6) is 0.926. The SMILES string of the molecule is CC(C)CS(=O)CCCC(=O)Nc1ccc(F)cc1N. The molecule has 0 saturated carbocycles. The minimum absolute atomic E-state index is 0.196. The van der Waals surface area contributed by atoms with Gasteiger partial charge in [0.25, 0.3) is 0 Å². The fraction of sp³-hybridized carbons (Fsp3) is 0.500. The van der Waals surface area contributed by atoms with Gasteiger partial charge in [-0.3, -0.25) is 9.00 Å². The molecule has 20 heavy (non-hydrogen) atoms. The summed E-state index contributed by atoms with van der Waals surface area (Å²) in [4.78, 5) is 11.7. The Kier molecular flexibility index (Phi) is 6.64. The number of nitrogens with one attached hydrogen (secondary N) is 1. The number of halogens is 1. The minimum Gasteiger partial charge on any atom is -0.397 e. The number of rotatable bonds is 7. The van der Waals surface area contributed by atoms with E-state index in [1.54, 1.807) is 0 Å². The number of hydrogen-bond acceptors (Lipinski definition) is 3. The molecule has 0 fully saturated rings. The van der Waals surface area contributed by atoms with Crippen LogP contribution in [0.4, 0.5) is 15.8 Å². The second-order valence-corrected chi connectivity index (χ2v) is 6.71. The Balaban J connectivity index is 2.35. The molecule has 1 unspecified atom stereocenters. The molecule has 1 aromatic carbocycles. The number of anilines is 2. The Morgan fingerprint density at radius 2 is 2.15 bits per heavy atom. The number of hydrogen-bond donors (Lipinski definition) is 2. The van der Waals surface area contributed by atoms with Crippen LogP contribution < -0.4 is 11.1 Å². The zero-order valence-corrected chi connectivity index (χ0v) is 12.6. The molecule has 0 spiro atoms. The van der Waals surface area contributed by atoms with Gasteiger partial charge in [0.05, 0.1) is 11.4 Å². The first-order chi connectivity index (χ1) is 9.38. The smallest absolute Gasteiger partial charge is 0.224 e. The standard InChI is InChI=1S/C14H21FN2O2S/c1-10(2)9-20(19)7-3-4-14(18)17-13-6-5-11(15)8-12(13)16/h5-6,8,10H,3-4,7,9,16H2,1-2H3,(H,17,18). The van der Waals surface area contributed by atoms with Crippen molar-refractivity contribution in [2.75, 3.05) is 22.6 Å². The zero-order valence-electron chi connectivity index (χ0n) is 11.8. The van der Waals surface area contributed by atoms with Crippen molar-refractivity contribution in [3.8, 4) is 0 Å². The summed E-state index contributed by atoms with van der Waals surface area (Å²) in [5, 5.41) is 2.62. The van der Waals surface area contributed by atoms with Crippen molar-refractivity contribution >= 4 is 28.1 Å². The van der Waals surface area contributed by atoms with Crippen molar-refractivity contribution in [1.29, 1.82) is 0 Å². The molecule has 0 aromatic heterocycles. The van der Waals surface area contributed by atoms with E-state index in [1.165, 1.54) is 12.1 Å². The monoisotopic (exact) mass is 300 g/mol. The average molecular weight is 300 g/mol. The van der Waals surface area contributed by atoms with Gasteiger partial charge in [-0.25, -0.2) is 4.39 Å². The third-order valence-corrected chi connectivity index (χ3v) is 4.37. The van der Waals surface area contributed by atoms with Crippen molar-refractivity contribution in [2.45, 2.75) is 26.7 Å². The summed E-state index contributed by atoms with van der Waals surface area (Å²) in [6, 6.07) is 3.83. The van der Waals surface area contributed by atoms with Crippen molar-refractivity contribution in [3.63, 3.8) is 0 Å². The third kappa shape index (κ3) is 6.14. The van der Waals surface area contributed by atoms with Gasteiger partial charge in [-0.1, -0.05) is 13.8 Å². The molecule has 1 aromatic rings. The summed E-state index contributed by atoms with van der Waals surface area (Å²) in [7, 11) is -0.875.